The van der Waals surface area contributed by atoms with Crippen molar-refractivity contribution >= 4 is 11.6 Å². The summed E-state index contributed by atoms with van der Waals surface area (Å²) in [5, 5.41) is 6.32. The van der Waals surface area contributed by atoms with Gasteiger partial charge >= 0.3 is 0 Å². The van der Waals surface area contributed by atoms with Gasteiger partial charge in [0.25, 0.3) is 0 Å². The average Bonchev–Trinajstić information content (AvgIpc) is 2.40. The summed E-state index contributed by atoms with van der Waals surface area (Å²) in [5.41, 5.74) is 0. The molecule has 1 unspecified atom stereocenters. The van der Waals surface area contributed by atoms with Crippen molar-refractivity contribution in [1.82, 2.24) is 15.3 Å². The third-order valence-corrected chi connectivity index (χ3v) is 2.78. The molecule has 0 bridgehead atoms. The first-order valence-electron chi connectivity index (χ1n) is 5.83. The first-order valence-corrected chi connectivity index (χ1v) is 5.83. The van der Waals surface area contributed by atoms with Crippen LogP contribution in [0.2, 0.25) is 0 Å². The van der Waals surface area contributed by atoms with Crippen molar-refractivity contribution < 1.29 is 4.74 Å². The molecule has 2 N–H and O–H groups in total. The van der Waals surface area contributed by atoms with Gasteiger partial charge < -0.3 is 20.3 Å². The fourth-order valence-corrected chi connectivity index (χ4v) is 1.83. The maximum absolute atomic E-state index is 5.66. The molecule has 94 valence electrons. The Bertz CT molecular complexity index is 353. The summed E-state index contributed by atoms with van der Waals surface area (Å²) < 4.78 is 5.66. The van der Waals surface area contributed by atoms with Crippen LogP contribution in [0.3, 0.4) is 0 Å². The molecule has 1 aliphatic rings. The van der Waals surface area contributed by atoms with Crippen LogP contribution in [-0.2, 0) is 4.74 Å². The highest BCUT2D eigenvalue weighted by Gasteiger charge is 2.16. The first-order chi connectivity index (χ1) is 8.29. The second-order valence-corrected chi connectivity index (χ2v) is 4.09. The first kappa shape index (κ1) is 12.1. The van der Waals surface area contributed by atoms with E-state index in [1.54, 1.807) is 6.33 Å². The van der Waals surface area contributed by atoms with Gasteiger partial charge in [0.1, 0.15) is 18.0 Å². The zero-order valence-electron chi connectivity index (χ0n) is 10.3. The molecular weight excluding hydrogens is 218 g/mol. The summed E-state index contributed by atoms with van der Waals surface area (Å²) >= 11 is 0. The minimum Gasteiger partial charge on any atom is -0.374 e. The predicted molar refractivity (Wildman–Crippen MR) is 67.5 cm³/mol. The highest BCUT2D eigenvalue weighted by atomic mass is 16.5. The summed E-state index contributed by atoms with van der Waals surface area (Å²) in [6.45, 7) is 3.45. The number of nitrogens with zero attached hydrogens (tertiary/aromatic N) is 3. The number of hydrogen-bond donors (Lipinski definition) is 2. The van der Waals surface area contributed by atoms with Gasteiger partial charge in [-0.1, -0.05) is 0 Å². The minimum atomic E-state index is 0.224. The number of morpholine rings is 1. The van der Waals surface area contributed by atoms with E-state index in [1.165, 1.54) is 0 Å². The van der Waals surface area contributed by atoms with Crippen molar-refractivity contribution in [2.24, 2.45) is 0 Å². The van der Waals surface area contributed by atoms with E-state index in [0.29, 0.717) is 0 Å². The van der Waals surface area contributed by atoms with Gasteiger partial charge in [0.15, 0.2) is 0 Å². The zero-order valence-corrected chi connectivity index (χ0v) is 10.3. The van der Waals surface area contributed by atoms with Gasteiger partial charge in [-0.05, 0) is 0 Å². The third kappa shape index (κ3) is 3.28. The summed E-state index contributed by atoms with van der Waals surface area (Å²) in [6, 6.07) is 1.93. The Morgan fingerprint density at radius 2 is 2.47 bits per heavy atom. The number of aromatic nitrogens is 2. The van der Waals surface area contributed by atoms with Crippen LogP contribution in [0.25, 0.3) is 0 Å². The Kier molecular flexibility index (Phi) is 4.11. The SMILES string of the molecule is CNc1cc(N(C)CC2CNCCO2)ncn1. The smallest absolute Gasteiger partial charge is 0.133 e. The molecule has 17 heavy (non-hydrogen) atoms. The van der Waals surface area contributed by atoms with Crippen LogP contribution in [0.4, 0.5) is 11.6 Å². The largest absolute Gasteiger partial charge is 0.374 e. The normalized spacial score (nSPS) is 20.0. The van der Waals surface area contributed by atoms with Gasteiger partial charge in [-0.25, -0.2) is 9.97 Å². The van der Waals surface area contributed by atoms with Crippen LogP contribution in [0.5, 0.6) is 0 Å². The molecule has 1 aromatic rings. The van der Waals surface area contributed by atoms with E-state index in [9.17, 15) is 0 Å². The molecule has 0 radical (unpaired) electrons. The second-order valence-electron chi connectivity index (χ2n) is 4.09. The molecular formula is C11H19N5O. The molecule has 1 saturated heterocycles. The lowest BCUT2D eigenvalue weighted by atomic mass is 10.3. The molecule has 1 atom stereocenters. The monoisotopic (exact) mass is 237 g/mol. The van der Waals surface area contributed by atoms with Gasteiger partial charge in [-0.15, -0.1) is 0 Å². The lowest BCUT2D eigenvalue weighted by Gasteiger charge is -2.28. The zero-order chi connectivity index (χ0) is 12.1. The highest BCUT2D eigenvalue weighted by Crippen LogP contribution is 2.13. The molecule has 0 aromatic carbocycles. The van der Waals surface area contributed by atoms with Gasteiger partial charge in [0.2, 0.25) is 0 Å². The van der Waals surface area contributed by atoms with E-state index >= 15 is 0 Å². The average molecular weight is 237 g/mol. The summed E-state index contributed by atoms with van der Waals surface area (Å²) in [7, 11) is 3.86. The fourth-order valence-electron chi connectivity index (χ4n) is 1.83. The molecule has 0 spiro atoms. The number of nitrogens with one attached hydrogen (secondary N) is 2. The summed E-state index contributed by atoms with van der Waals surface area (Å²) in [4.78, 5) is 10.4. The van der Waals surface area contributed by atoms with Gasteiger partial charge in [-0.2, -0.15) is 0 Å². The summed E-state index contributed by atoms with van der Waals surface area (Å²) in [5.74, 6) is 1.73. The number of anilines is 2. The van der Waals surface area contributed by atoms with Crippen molar-refractivity contribution in [2.75, 3.05) is 50.6 Å². The Balaban J connectivity index is 1.95. The van der Waals surface area contributed by atoms with Gasteiger partial charge in [0.05, 0.1) is 12.7 Å². The molecule has 2 rings (SSSR count). The molecule has 1 aromatic heterocycles. The molecule has 0 amide bonds. The Morgan fingerprint density at radius 3 is 3.18 bits per heavy atom. The predicted octanol–water partition coefficient (Wildman–Crippen LogP) is -0.0571. The van der Waals surface area contributed by atoms with Crippen molar-refractivity contribution in [3.63, 3.8) is 0 Å². The van der Waals surface area contributed by atoms with Crippen molar-refractivity contribution in [3.8, 4) is 0 Å². The molecule has 1 aliphatic heterocycles. The number of likely N-dealkylation sites (N-methyl/N-ethyl adjacent to an activating group) is 1. The van der Waals surface area contributed by atoms with Gasteiger partial charge in [0, 0.05) is 39.8 Å². The number of ether oxygens (including phenoxy) is 1. The molecule has 0 aliphatic carbocycles. The molecule has 2 heterocycles. The van der Waals surface area contributed by atoms with E-state index in [-0.39, 0.29) is 6.10 Å². The molecule has 6 nitrogen and oxygen atoms in total. The maximum atomic E-state index is 5.66. The molecule has 6 heteroatoms. The Hall–Kier alpha value is -1.40. The van der Waals surface area contributed by atoms with Crippen LogP contribution in [-0.4, -0.2) is 56.4 Å². The number of rotatable bonds is 4. The van der Waals surface area contributed by atoms with Crippen LogP contribution in [0.15, 0.2) is 12.4 Å². The van der Waals surface area contributed by atoms with E-state index in [1.807, 2.05) is 20.2 Å². The quantitative estimate of drug-likeness (QED) is 0.765. The van der Waals surface area contributed by atoms with E-state index < -0.39 is 0 Å². The second kappa shape index (κ2) is 5.79. The highest BCUT2D eigenvalue weighted by molar-refractivity contribution is 5.47. The topological polar surface area (TPSA) is 62.3 Å². The molecule has 1 fully saturated rings. The van der Waals surface area contributed by atoms with Crippen molar-refractivity contribution in [2.45, 2.75) is 6.10 Å². The lowest BCUT2D eigenvalue weighted by Crippen LogP contribution is -2.44. The van der Waals surface area contributed by atoms with Gasteiger partial charge in [-0.3, -0.25) is 0 Å². The van der Waals surface area contributed by atoms with E-state index in [2.05, 4.69) is 25.5 Å². The van der Waals surface area contributed by atoms with Crippen LogP contribution < -0.4 is 15.5 Å². The van der Waals surface area contributed by atoms with Crippen LogP contribution >= 0.6 is 0 Å². The maximum Gasteiger partial charge on any atom is 0.133 e. The van der Waals surface area contributed by atoms with Crippen LogP contribution in [0, 0.1) is 0 Å². The standard InChI is InChI=1S/C11H19N5O/c1-12-10-5-11(15-8-14-10)16(2)7-9-6-13-3-4-17-9/h5,8-9,13H,3-4,6-7H2,1-2H3,(H,12,14,15). The third-order valence-electron chi connectivity index (χ3n) is 2.78. The molecule has 0 saturated carbocycles. The lowest BCUT2D eigenvalue weighted by molar-refractivity contribution is 0.0339. The van der Waals surface area contributed by atoms with Crippen molar-refractivity contribution in [1.29, 1.82) is 0 Å². The van der Waals surface area contributed by atoms with Crippen molar-refractivity contribution in [3.05, 3.63) is 12.4 Å². The fraction of sp³-hybridized carbons (Fsp3) is 0.636. The van der Waals surface area contributed by atoms with E-state index in [0.717, 1.165) is 37.9 Å². The Labute approximate surface area is 101 Å². The minimum absolute atomic E-state index is 0.224. The summed E-state index contributed by atoms with van der Waals surface area (Å²) in [6.07, 6.45) is 1.79. The number of hydrogen-bond acceptors (Lipinski definition) is 6. The van der Waals surface area contributed by atoms with E-state index in [4.69, 9.17) is 4.74 Å². The van der Waals surface area contributed by atoms with Crippen LogP contribution in [0.1, 0.15) is 0 Å². The Morgan fingerprint density at radius 1 is 1.59 bits per heavy atom.